The van der Waals surface area contributed by atoms with Gasteiger partial charge < -0.3 is 14.4 Å². The van der Waals surface area contributed by atoms with Crippen molar-refractivity contribution in [3.05, 3.63) is 0 Å². The molecule has 0 aliphatic carbocycles. The summed E-state index contributed by atoms with van der Waals surface area (Å²) in [5.41, 5.74) is 0. The first-order valence-electron chi connectivity index (χ1n) is 24.1. The van der Waals surface area contributed by atoms with Gasteiger partial charge in [-0.3, -0.25) is 14.4 Å². The maximum Gasteiger partial charge on any atom is 0.306 e. The molecule has 0 amide bonds. The zero-order valence-electron chi connectivity index (χ0n) is 36.9. The van der Waals surface area contributed by atoms with E-state index in [0.717, 1.165) is 77.4 Å². The lowest BCUT2D eigenvalue weighted by molar-refractivity contribution is -0.150. The number of ether oxygens (including phenoxy) is 2. The summed E-state index contributed by atoms with van der Waals surface area (Å²) in [5.74, 6) is 0.374. The van der Waals surface area contributed by atoms with Crippen LogP contribution in [0.2, 0.25) is 0 Å². The number of carbonyl (C=O) groups excluding carboxylic acids is 3. The summed E-state index contributed by atoms with van der Waals surface area (Å²) in [5, 5.41) is 0. The Bertz CT molecular complexity index is 801. The van der Waals surface area contributed by atoms with Crippen LogP contribution in [0.5, 0.6) is 0 Å². The largest absolute Gasteiger partial charge is 0.466 e. The summed E-state index contributed by atoms with van der Waals surface area (Å²) < 4.78 is 11.5. The van der Waals surface area contributed by atoms with Crippen molar-refractivity contribution in [1.29, 1.82) is 0 Å². The van der Waals surface area contributed by atoms with E-state index < -0.39 is 0 Å². The highest BCUT2D eigenvalue weighted by molar-refractivity contribution is 5.77. The van der Waals surface area contributed by atoms with E-state index in [-0.39, 0.29) is 18.0 Å². The van der Waals surface area contributed by atoms with E-state index in [4.69, 9.17) is 9.47 Å². The lowest BCUT2D eigenvalue weighted by Crippen LogP contribution is -2.27. The van der Waals surface area contributed by atoms with Crippen molar-refractivity contribution in [3.63, 3.8) is 0 Å². The highest BCUT2D eigenvalue weighted by Crippen LogP contribution is 2.19. The van der Waals surface area contributed by atoms with Crippen molar-refractivity contribution >= 4 is 17.7 Å². The third kappa shape index (κ3) is 38.8. The minimum Gasteiger partial charge on any atom is -0.466 e. The Morgan fingerprint density at radius 1 is 0.407 bits per heavy atom. The normalized spacial score (nSPS) is 11.5. The molecular weight excluding hydrogens is 671 g/mol. The zero-order valence-corrected chi connectivity index (χ0v) is 36.9. The number of hydrogen-bond donors (Lipinski definition) is 0. The van der Waals surface area contributed by atoms with E-state index in [9.17, 15) is 14.4 Å². The number of Topliss-reactive ketones (excluding diaryl/α,β-unsaturated/α-hetero) is 1. The SMILES string of the molecule is CCCCCCCCOC(=O)CCCCCCCN(CCCCCCCC(=O)OC(CCCCCCCC)CCCCCCCC)CCCCC(=O)CC. The zero-order chi connectivity index (χ0) is 39.6. The van der Waals surface area contributed by atoms with E-state index in [1.54, 1.807) is 0 Å². The Morgan fingerprint density at radius 3 is 1.26 bits per heavy atom. The minimum atomic E-state index is -0.0255. The molecule has 0 fully saturated rings. The van der Waals surface area contributed by atoms with Crippen molar-refractivity contribution in [2.75, 3.05) is 26.2 Å². The van der Waals surface area contributed by atoms with E-state index >= 15 is 0 Å². The van der Waals surface area contributed by atoms with Crippen LogP contribution in [0.3, 0.4) is 0 Å². The van der Waals surface area contributed by atoms with Crippen molar-refractivity contribution in [3.8, 4) is 0 Å². The second-order valence-corrected chi connectivity index (χ2v) is 16.4. The molecule has 0 aliphatic rings. The molecule has 0 saturated heterocycles. The lowest BCUT2D eigenvalue weighted by atomic mass is 10.0. The molecule has 0 aromatic rings. The number of esters is 2. The molecular formula is C48H93NO5. The second-order valence-electron chi connectivity index (χ2n) is 16.4. The van der Waals surface area contributed by atoms with Crippen LogP contribution in [0.4, 0.5) is 0 Å². The molecule has 0 rings (SSSR count). The molecule has 6 heteroatoms. The standard InChI is InChI=1S/C48H93NO5/c1-5-9-12-15-20-27-37-46(38-28-21-16-13-10-6-2)54-48(52)40-30-23-19-25-33-42-49(43-34-31-36-45(50)8-4)41-32-24-18-22-29-39-47(51)53-44-35-26-17-14-11-7-3/h46H,5-44H2,1-4H3. The summed E-state index contributed by atoms with van der Waals surface area (Å²) in [6, 6.07) is 0. The van der Waals surface area contributed by atoms with Gasteiger partial charge in [0, 0.05) is 25.7 Å². The van der Waals surface area contributed by atoms with Crippen LogP contribution < -0.4 is 0 Å². The maximum atomic E-state index is 12.8. The lowest BCUT2D eigenvalue weighted by Gasteiger charge is -2.22. The van der Waals surface area contributed by atoms with Gasteiger partial charge in [0.2, 0.25) is 0 Å². The summed E-state index contributed by atoms with van der Waals surface area (Å²) in [4.78, 5) is 39.2. The molecule has 0 atom stereocenters. The van der Waals surface area contributed by atoms with Crippen LogP contribution in [0.1, 0.15) is 259 Å². The van der Waals surface area contributed by atoms with Gasteiger partial charge in [0.05, 0.1) is 6.61 Å². The molecule has 0 saturated carbocycles. The first-order valence-corrected chi connectivity index (χ1v) is 24.1. The Kier molecular flexibility index (Phi) is 41.6. The average molecular weight is 764 g/mol. The predicted octanol–water partition coefficient (Wildman–Crippen LogP) is 14.4. The van der Waals surface area contributed by atoms with E-state index in [2.05, 4.69) is 25.7 Å². The van der Waals surface area contributed by atoms with Crippen molar-refractivity contribution in [2.24, 2.45) is 0 Å². The topological polar surface area (TPSA) is 72.9 Å². The average Bonchev–Trinajstić information content (AvgIpc) is 3.17. The molecule has 0 aliphatic heterocycles. The Hall–Kier alpha value is -1.43. The van der Waals surface area contributed by atoms with Gasteiger partial charge in [-0.15, -0.1) is 0 Å². The quantitative estimate of drug-likeness (QED) is 0.0454. The molecule has 0 spiro atoms. The molecule has 0 N–H and O–H groups in total. The highest BCUT2D eigenvalue weighted by Gasteiger charge is 2.14. The summed E-state index contributed by atoms with van der Waals surface area (Å²) in [6.07, 6.45) is 40.6. The molecule has 0 aromatic heterocycles. The number of ketones is 1. The molecule has 0 unspecified atom stereocenters. The van der Waals surface area contributed by atoms with Crippen LogP contribution in [0.15, 0.2) is 0 Å². The van der Waals surface area contributed by atoms with Gasteiger partial charge in [-0.1, -0.05) is 163 Å². The molecule has 0 bridgehead atoms. The van der Waals surface area contributed by atoms with Crippen LogP contribution in [0.25, 0.3) is 0 Å². The van der Waals surface area contributed by atoms with Gasteiger partial charge in [-0.25, -0.2) is 0 Å². The fourth-order valence-electron chi connectivity index (χ4n) is 7.39. The third-order valence-electron chi connectivity index (χ3n) is 11.1. The highest BCUT2D eigenvalue weighted by atomic mass is 16.5. The molecule has 0 heterocycles. The fourth-order valence-corrected chi connectivity index (χ4v) is 7.39. The number of carbonyl (C=O) groups is 3. The third-order valence-corrected chi connectivity index (χ3v) is 11.1. The fraction of sp³-hybridized carbons (Fsp3) is 0.938. The monoisotopic (exact) mass is 764 g/mol. The molecule has 0 radical (unpaired) electrons. The van der Waals surface area contributed by atoms with Crippen LogP contribution in [-0.4, -0.2) is 55.0 Å². The Labute approximate surface area is 336 Å². The summed E-state index contributed by atoms with van der Waals surface area (Å²) in [6.45, 7) is 12.6. The smallest absolute Gasteiger partial charge is 0.306 e. The molecule has 6 nitrogen and oxygen atoms in total. The van der Waals surface area contributed by atoms with Gasteiger partial charge in [0.15, 0.2) is 0 Å². The summed E-state index contributed by atoms with van der Waals surface area (Å²) >= 11 is 0. The van der Waals surface area contributed by atoms with E-state index in [1.165, 1.54) is 148 Å². The van der Waals surface area contributed by atoms with Crippen molar-refractivity contribution in [1.82, 2.24) is 4.90 Å². The van der Waals surface area contributed by atoms with Gasteiger partial charge in [0.25, 0.3) is 0 Å². The second kappa shape index (κ2) is 42.7. The molecule has 320 valence electrons. The van der Waals surface area contributed by atoms with Crippen LogP contribution in [0, 0.1) is 0 Å². The van der Waals surface area contributed by atoms with Gasteiger partial charge >= 0.3 is 11.9 Å². The van der Waals surface area contributed by atoms with E-state index in [1.807, 2.05) is 6.92 Å². The molecule has 54 heavy (non-hydrogen) atoms. The number of hydrogen-bond acceptors (Lipinski definition) is 6. The van der Waals surface area contributed by atoms with Crippen LogP contribution in [-0.2, 0) is 23.9 Å². The minimum absolute atomic E-state index is 0.0214. The summed E-state index contributed by atoms with van der Waals surface area (Å²) in [7, 11) is 0. The van der Waals surface area contributed by atoms with Gasteiger partial charge in [-0.2, -0.15) is 0 Å². The van der Waals surface area contributed by atoms with E-state index in [0.29, 0.717) is 38.1 Å². The van der Waals surface area contributed by atoms with Gasteiger partial charge in [-0.05, 0) is 90.3 Å². The number of nitrogens with zero attached hydrogens (tertiary/aromatic N) is 1. The Morgan fingerprint density at radius 2 is 0.778 bits per heavy atom. The molecule has 0 aromatic carbocycles. The van der Waals surface area contributed by atoms with Crippen LogP contribution >= 0.6 is 0 Å². The number of rotatable bonds is 44. The van der Waals surface area contributed by atoms with Gasteiger partial charge in [0.1, 0.15) is 11.9 Å². The number of unbranched alkanes of at least 4 members (excludes halogenated alkanes) is 24. The van der Waals surface area contributed by atoms with Crippen molar-refractivity contribution < 1.29 is 23.9 Å². The predicted molar refractivity (Wildman–Crippen MR) is 231 cm³/mol. The first-order chi connectivity index (χ1) is 26.5. The first kappa shape index (κ1) is 52.6. The van der Waals surface area contributed by atoms with Crippen molar-refractivity contribution in [2.45, 2.75) is 265 Å². The maximum absolute atomic E-state index is 12.8. The Balaban J connectivity index is 4.30.